The van der Waals surface area contributed by atoms with Crippen molar-refractivity contribution in [2.75, 3.05) is 39.8 Å². The lowest BCUT2D eigenvalue weighted by atomic mass is 9.98. The number of carbonyl (C=O) groups excluding carboxylic acids is 2. The molecule has 0 saturated carbocycles. The van der Waals surface area contributed by atoms with Crippen LogP contribution in [0.15, 0.2) is 54.2 Å². The van der Waals surface area contributed by atoms with Gasteiger partial charge in [-0.25, -0.2) is 4.79 Å². The maximum absolute atomic E-state index is 12.9. The number of benzene rings is 1. The lowest BCUT2D eigenvalue weighted by Gasteiger charge is -2.30. The van der Waals surface area contributed by atoms with Crippen LogP contribution in [0.4, 0.5) is 0 Å². The van der Waals surface area contributed by atoms with Gasteiger partial charge in [-0.1, -0.05) is 6.08 Å². The molecule has 30 heavy (non-hydrogen) atoms. The zero-order valence-electron chi connectivity index (χ0n) is 17.4. The van der Waals surface area contributed by atoms with E-state index in [1.165, 1.54) is 20.0 Å². The van der Waals surface area contributed by atoms with E-state index in [9.17, 15) is 9.59 Å². The fourth-order valence-electron chi connectivity index (χ4n) is 4.14. The summed E-state index contributed by atoms with van der Waals surface area (Å²) >= 11 is 0. The minimum Gasteiger partial charge on any atom is -0.482 e. The summed E-state index contributed by atoms with van der Waals surface area (Å²) in [6.45, 7) is 4.81. The van der Waals surface area contributed by atoms with Gasteiger partial charge in [-0.2, -0.15) is 0 Å². The number of allylic oxidation sites excluding steroid dienone is 2. The van der Waals surface area contributed by atoms with E-state index in [-0.39, 0.29) is 18.0 Å². The molecule has 1 saturated heterocycles. The smallest absolute Gasteiger partial charge is 0.337 e. The molecule has 6 heteroatoms. The van der Waals surface area contributed by atoms with Crippen molar-refractivity contribution < 1.29 is 19.1 Å². The third-order valence-electron chi connectivity index (χ3n) is 5.87. The second kappa shape index (κ2) is 9.30. The van der Waals surface area contributed by atoms with Crippen LogP contribution in [0, 0.1) is 0 Å². The Kier molecular flexibility index (Phi) is 6.33. The summed E-state index contributed by atoms with van der Waals surface area (Å²) in [5.74, 6) is 0.453. The Bertz CT molecular complexity index is 896. The van der Waals surface area contributed by atoms with Crippen LogP contribution >= 0.6 is 0 Å². The molecule has 1 aromatic rings. The Labute approximate surface area is 177 Å². The van der Waals surface area contributed by atoms with Crippen LogP contribution in [-0.4, -0.2) is 67.6 Å². The number of likely N-dealkylation sites (tertiary alicyclic amines) is 1. The SMILES string of the molecule is COC(=O)C1=CC=CC(Oc2ccc3c(c2)CCN(CCN2CCCC2)C3=O)C=C1. The minimum absolute atomic E-state index is 0.114. The maximum Gasteiger partial charge on any atom is 0.337 e. The van der Waals surface area contributed by atoms with Gasteiger partial charge in [-0.3, -0.25) is 4.79 Å². The number of hydrogen-bond donors (Lipinski definition) is 0. The highest BCUT2D eigenvalue weighted by Crippen LogP contribution is 2.25. The summed E-state index contributed by atoms with van der Waals surface area (Å²) in [6, 6.07) is 5.69. The van der Waals surface area contributed by atoms with Crippen molar-refractivity contribution in [3.8, 4) is 5.75 Å². The Balaban J connectivity index is 1.38. The molecule has 4 rings (SSSR count). The highest BCUT2D eigenvalue weighted by atomic mass is 16.5. The van der Waals surface area contributed by atoms with Crippen molar-refractivity contribution in [1.82, 2.24) is 9.80 Å². The molecule has 0 aromatic heterocycles. The van der Waals surface area contributed by atoms with Crippen LogP contribution in [-0.2, 0) is 16.0 Å². The minimum atomic E-state index is -0.377. The van der Waals surface area contributed by atoms with Crippen molar-refractivity contribution in [2.24, 2.45) is 0 Å². The van der Waals surface area contributed by atoms with Gasteiger partial charge in [-0.15, -0.1) is 0 Å². The summed E-state index contributed by atoms with van der Waals surface area (Å²) in [7, 11) is 1.36. The molecule has 0 N–H and O–H groups in total. The van der Waals surface area contributed by atoms with Crippen LogP contribution in [0.25, 0.3) is 0 Å². The van der Waals surface area contributed by atoms with Gasteiger partial charge in [-0.05, 0) is 80.4 Å². The third-order valence-corrected chi connectivity index (χ3v) is 5.87. The Morgan fingerprint density at radius 3 is 2.77 bits per heavy atom. The zero-order valence-corrected chi connectivity index (χ0v) is 17.4. The number of hydrogen-bond acceptors (Lipinski definition) is 5. The molecule has 2 aliphatic heterocycles. The molecule has 1 amide bonds. The lowest BCUT2D eigenvalue weighted by Crippen LogP contribution is -2.42. The maximum atomic E-state index is 12.9. The van der Waals surface area contributed by atoms with Gasteiger partial charge in [0.15, 0.2) is 0 Å². The molecule has 1 aromatic carbocycles. The van der Waals surface area contributed by atoms with Crippen LogP contribution in [0.2, 0.25) is 0 Å². The topological polar surface area (TPSA) is 59.1 Å². The van der Waals surface area contributed by atoms with E-state index >= 15 is 0 Å². The molecule has 1 aliphatic carbocycles. The molecule has 0 radical (unpaired) electrons. The fraction of sp³-hybridized carbons (Fsp3) is 0.417. The standard InChI is InChI=1S/C24H28N2O4/c1-29-24(28)18-5-4-6-20(8-7-18)30-21-9-10-22-19(17-21)11-14-26(23(22)27)16-15-25-12-2-3-13-25/h4-10,17,20H,2-3,11-16H2,1H3. The van der Waals surface area contributed by atoms with Crippen molar-refractivity contribution >= 4 is 11.9 Å². The highest BCUT2D eigenvalue weighted by molar-refractivity contribution is 5.97. The van der Waals surface area contributed by atoms with Gasteiger partial charge < -0.3 is 19.3 Å². The zero-order chi connectivity index (χ0) is 20.9. The summed E-state index contributed by atoms with van der Waals surface area (Å²) in [4.78, 5) is 29.0. The van der Waals surface area contributed by atoms with E-state index in [4.69, 9.17) is 9.47 Å². The number of carbonyl (C=O) groups is 2. The molecule has 2 heterocycles. The van der Waals surface area contributed by atoms with Crippen molar-refractivity contribution in [3.05, 3.63) is 65.3 Å². The number of esters is 1. The van der Waals surface area contributed by atoms with Gasteiger partial charge >= 0.3 is 5.97 Å². The molecule has 1 unspecified atom stereocenters. The number of rotatable bonds is 6. The number of fused-ring (bicyclic) bond motifs is 1. The lowest BCUT2D eigenvalue weighted by molar-refractivity contribution is -0.135. The van der Waals surface area contributed by atoms with Crippen LogP contribution in [0.1, 0.15) is 28.8 Å². The van der Waals surface area contributed by atoms with Crippen LogP contribution < -0.4 is 4.74 Å². The Morgan fingerprint density at radius 2 is 1.97 bits per heavy atom. The molecule has 158 valence electrons. The van der Waals surface area contributed by atoms with E-state index in [0.717, 1.165) is 50.3 Å². The van der Waals surface area contributed by atoms with Crippen molar-refractivity contribution in [2.45, 2.75) is 25.4 Å². The molecule has 1 fully saturated rings. The van der Waals surface area contributed by atoms with Gasteiger partial charge in [0.2, 0.25) is 0 Å². The first-order valence-electron chi connectivity index (χ1n) is 10.6. The Morgan fingerprint density at radius 1 is 1.13 bits per heavy atom. The Hall–Kier alpha value is -2.86. The molecule has 6 nitrogen and oxygen atoms in total. The largest absolute Gasteiger partial charge is 0.482 e. The van der Waals surface area contributed by atoms with Gasteiger partial charge in [0.1, 0.15) is 11.9 Å². The second-order valence-electron chi connectivity index (χ2n) is 7.85. The number of ether oxygens (including phenoxy) is 2. The van der Waals surface area contributed by atoms with E-state index in [1.807, 2.05) is 35.3 Å². The molecular formula is C24H28N2O4. The van der Waals surface area contributed by atoms with Gasteiger partial charge in [0.25, 0.3) is 5.91 Å². The summed E-state index contributed by atoms with van der Waals surface area (Å²) < 4.78 is 10.8. The number of methoxy groups -OCH3 is 1. The summed E-state index contributed by atoms with van der Waals surface area (Å²) in [5.41, 5.74) is 2.28. The molecule has 0 spiro atoms. The van der Waals surface area contributed by atoms with Crippen LogP contribution in [0.5, 0.6) is 5.75 Å². The second-order valence-corrected chi connectivity index (χ2v) is 7.85. The molecule has 3 aliphatic rings. The normalized spacial score (nSPS) is 21.2. The predicted octanol–water partition coefficient (Wildman–Crippen LogP) is 2.75. The third kappa shape index (κ3) is 4.65. The van der Waals surface area contributed by atoms with E-state index < -0.39 is 0 Å². The first-order valence-corrected chi connectivity index (χ1v) is 10.6. The first-order chi connectivity index (χ1) is 14.6. The quantitative estimate of drug-likeness (QED) is 0.678. The summed E-state index contributed by atoms with van der Waals surface area (Å²) in [6.07, 6.45) is 12.0. The number of nitrogens with zero attached hydrogens (tertiary/aromatic N) is 2. The monoisotopic (exact) mass is 408 g/mol. The average Bonchev–Trinajstić information content (AvgIpc) is 3.18. The summed E-state index contributed by atoms with van der Waals surface area (Å²) in [5, 5.41) is 0. The van der Waals surface area contributed by atoms with E-state index in [1.54, 1.807) is 18.2 Å². The highest BCUT2D eigenvalue weighted by Gasteiger charge is 2.25. The average molecular weight is 408 g/mol. The van der Waals surface area contributed by atoms with E-state index in [0.29, 0.717) is 11.3 Å². The van der Waals surface area contributed by atoms with Crippen LogP contribution in [0.3, 0.4) is 0 Å². The molecule has 0 bridgehead atoms. The van der Waals surface area contributed by atoms with E-state index in [2.05, 4.69) is 4.90 Å². The predicted molar refractivity (Wildman–Crippen MR) is 115 cm³/mol. The van der Waals surface area contributed by atoms with Crippen molar-refractivity contribution in [1.29, 1.82) is 0 Å². The first kappa shape index (κ1) is 20.4. The van der Waals surface area contributed by atoms with Gasteiger partial charge in [0, 0.05) is 25.2 Å². The van der Waals surface area contributed by atoms with Crippen molar-refractivity contribution in [3.63, 3.8) is 0 Å². The fourth-order valence-corrected chi connectivity index (χ4v) is 4.14. The molecule has 1 atom stereocenters. The van der Waals surface area contributed by atoms with Gasteiger partial charge in [0.05, 0.1) is 12.7 Å². The number of amides is 1. The molecular weight excluding hydrogens is 380 g/mol.